The van der Waals surface area contributed by atoms with E-state index in [-0.39, 0.29) is 0 Å². The molecule has 0 radical (unpaired) electrons. The van der Waals surface area contributed by atoms with Gasteiger partial charge in [-0.05, 0) is 69.9 Å². The van der Waals surface area contributed by atoms with E-state index in [2.05, 4.69) is 10.3 Å². The van der Waals surface area contributed by atoms with Crippen molar-refractivity contribution in [2.75, 3.05) is 7.11 Å². The minimum atomic E-state index is -0.651. The maximum absolute atomic E-state index is 12.4. The van der Waals surface area contributed by atoms with E-state index >= 15 is 0 Å². The molecule has 2 rings (SSSR count). The molecule has 2 atom stereocenters. The molecule has 1 aromatic carbocycles. The number of methoxy groups -OCH3 is 1. The molecule has 1 aromatic heterocycles. The van der Waals surface area contributed by atoms with Crippen LogP contribution >= 0.6 is 0 Å². The van der Waals surface area contributed by atoms with Crippen molar-refractivity contribution in [1.82, 2.24) is 10.3 Å². The maximum Gasteiger partial charge on any atom is 0.408 e. The van der Waals surface area contributed by atoms with E-state index < -0.39 is 29.6 Å². The molecule has 0 saturated heterocycles. The number of esters is 1. The molecule has 0 fully saturated rings. The first-order valence-electron chi connectivity index (χ1n) is 9.62. The van der Waals surface area contributed by atoms with E-state index in [4.69, 9.17) is 9.47 Å². The Kier molecular flexibility index (Phi) is 7.01. The molecule has 0 bridgehead atoms. The summed E-state index contributed by atoms with van der Waals surface area (Å²) in [6.45, 7) is 11.2. The van der Waals surface area contributed by atoms with Crippen molar-refractivity contribution in [2.24, 2.45) is 5.92 Å². The lowest BCUT2D eigenvalue weighted by Crippen LogP contribution is -2.39. The second-order valence-corrected chi connectivity index (χ2v) is 8.21. The van der Waals surface area contributed by atoms with Crippen molar-refractivity contribution in [1.29, 1.82) is 0 Å². The van der Waals surface area contributed by atoms with Gasteiger partial charge in [0.05, 0.1) is 19.1 Å². The molecule has 0 aliphatic rings. The molecule has 1 amide bonds. The molecular formula is C23H30N2O4. The number of pyridine rings is 1. The summed E-state index contributed by atoms with van der Waals surface area (Å²) in [5, 5.41) is 2.81. The molecule has 0 aliphatic heterocycles. The number of aromatic nitrogens is 1. The Labute approximate surface area is 172 Å². The fourth-order valence-electron chi connectivity index (χ4n) is 3.29. The summed E-state index contributed by atoms with van der Waals surface area (Å²) in [5.41, 5.74) is 4.31. The van der Waals surface area contributed by atoms with Crippen LogP contribution in [0.1, 0.15) is 50.4 Å². The Morgan fingerprint density at radius 1 is 1.10 bits per heavy atom. The number of rotatable bonds is 5. The van der Waals surface area contributed by atoms with Crippen molar-refractivity contribution in [3.8, 4) is 11.1 Å². The summed E-state index contributed by atoms with van der Waals surface area (Å²) in [7, 11) is 1.33. The molecule has 1 N–H and O–H groups in total. The molecule has 6 heteroatoms. The summed E-state index contributed by atoms with van der Waals surface area (Å²) < 4.78 is 10.3. The number of alkyl carbamates (subject to hydrolysis) is 1. The first-order valence-corrected chi connectivity index (χ1v) is 9.62. The SMILES string of the molecule is COC(=O)[C@@H](C)[C@H](NC(=O)OC(C)(C)C)c1cncc(-c2c(C)cccc2C)c1. The summed E-state index contributed by atoms with van der Waals surface area (Å²) in [4.78, 5) is 29.0. The van der Waals surface area contributed by atoms with E-state index in [0.717, 1.165) is 22.3 Å². The summed E-state index contributed by atoms with van der Waals surface area (Å²) in [6.07, 6.45) is 2.83. The van der Waals surface area contributed by atoms with Gasteiger partial charge in [-0.1, -0.05) is 18.2 Å². The smallest absolute Gasteiger partial charge is 0.408 e. The van der Waals surface area contributed by atoms with Crippen molar-refractivity contribution in [3.63, 3.8) is 0 Å². The Morgan fingerprint density at radius 2 is 1.72 bits per heavy atom. The normalized spacial score (nSPS) is 13.3. The molecule has 6 nitrogen and oxygen atoms in total. The third-order valence-electron chi connectivity index (χ3n) is 4.63. The van der Waals surface area contributed by atoms with Crippen LogP contribution < -0.4 is 5.32 Å². The fourth-order valence-corrected chi connectivity index (χ4v) is 3.29. The third-order valence-corrected chi connectivity index (χ3v) is 4.63. The first kappa shape index (κ1) is 22.4. The molecule has 156 valence electrons. The largest absolute Gasteiger partial charge is 0.469 e. The van der Waals surface area contributed by atoms with Crippen LogP contribution in [-0.4, -0.2) is 29.8 Å². The van der Waals surface area contributed by atoms with Crippen LogP contribution in [0.15, 0.2) is 36.7 Å². The molecule has 0 spiro atoms. The van der Waals surface area contributed by atoms with Gasteiger partial charge in [0.25, 0.3) is 0 Å². The van der Waals surface area contributed by atoms with E-state index in [0.29, 0.717) is 5.56 Å². The predicted molar refractivity (Wildman–Crippen MR) is 112 cm³/mol. The highest BCUT2D eigenvalue weighted by molar-refractivity contribution is 5.76. The molecular weight excluding hydrogens is 368 g/mol. The number of nitrogens with one attached hydrogen (secondary N) is 1. The lowest BCUT2D eigenvalue weighted by molar-refractivity contribution is -0.145. The number of ether oxygens (including phenoxy) is 2. The second kappa shape index (κ2) is 9.07. The van der Waals surface area contributed by atoms with Gasteiger partial charge >= 0.3 is 12.1 Å². The van der Waals surface area contributed by atoms with E-state index in [1.807, 2.05) is 38.1 Å². The molecule has 0 saturated carbocycles. The number of amides is 1. The zero-order chi connectivity index (χ0) is 21.8. The molecule has 2 aromatic rings. The molecule has 0 unspecified atom stereocenters. The second-order valence-electron chi connectivity index (χ2n) is 8.21. The molecule has 29 heavy (non-hydrogen) atoms. The fraction of sp³-hybridized carbons (Fsp3) is 0.435. The van der Waals surface area contributed by atoms with Crippen LogP contribution in [0, 0.1) is 19.8 Å². The molecule has 1 heterocycles. The Bertz CT molecular complexity index is 866. The summed E-state index contributed by atoms with van der Waals surface area (Å²) in [6, 6.07) is 7.40. The summed E-state index contributed by atoms with van der Waals surface area (Å²) in [5.74, 6) is -1.05. The minimum Gasteiger partial charge on any atom is -0.469 e. The average Bonchev–Trinajstić information content (AvgIpc) is 2.63. The van der Waals surface area contributed by atoms with Crippen LogP contribution in [-0.2, 0) is 14.3 Å². The zero-order valence-corrected chi connectivity index (χ0v) is 18.2. The van der Waals surface area contributed by atoms with Crippen molar-refractivity contribution in [2.45, 2.75) is 53.2 Å². The van der Waals surface area contributed by atoms with Crippen molar-refractivity contribution < 1.29 is 19.1 Å². The predicted octanol–water partition coefficient (Wildman–Crippen LogP) is 4.74. The van der Waals surface area contributed by atoms with Crippen LogP contribution in [0.4, 0.5) is 4.79 Å². The van der Waals surface area contributed by atoms with Crippen LogP contribution in [0.25, 0.3) is 11.1 Å². The van der Waals surface area contributed by atoms with E-state index in [1.165, 1.54) is 7.11 Å². The number of benzene rings is 1. The number of hydrogen-bond donors (Lipinski definition) is 1. The number of carbonyl (C=O) groups excluding carboxylic acids is 2. The highest BCUT2D eigenvalue weighted by atomic mass is 16.6. The lowest BCUT2D eigenvalue weighted by atomic mass is 9.91. The van der Waals surface area contributed by atoms with E-state index in [1.54, 1.807) is 40.1 Å². The topological polar surface area (TPSA) is 77.5 Å². The van der Waals surface area contributed by atoms with Gasteiger partial charge in [0.2, 0.25) is 0 Å². The van der Waals surface area contributed by atoms with Gasteiger partial charge in [0.1, 0.15) is 5.60 Å². The first-order chi connectivity index (χ1) is 13.5. The number of aryl methyl sites for hydroxylation is 2. The van der Waals surface area contributed by atoms with Gasteiger partial charge in [0.15, 0.2) is 0 Å². The molecule has 0 aliphatic carbocycles. The van der Waals surface area contributed by atoms with Gasteiger partial charge < -0.3 is 14.8 Å². The number of carbonyl (C=O) groups is 2. The quantitative estimate of drug-likeness (QED) is 0.736. The Balaban J connectivity index is 2.45. The Hall–Kier alpha value is -2.89. The van der Waals surface area contributed by atoms with Gasteiger partial charge in [-0.25, -0.2) is 4.79 Å². The van der Waals surface area contributed by atoms with Gasteiger partial charge in [0, 0.05) is 18.0 Å². The monoisotopic (exact) mass is 398 g/mol. The number of nitrogens with zero attached hydrogens (tertiary/aromatic N) is 1. The number of hydrogen-bond acceptors (Lipinski definition) is 5. The standard InChI is InChI=1S/C23H30N2O4/c1-14-9-8-10-15(2)19(14)17-11-18(13-24-12-17)20(16(3)21(26)28-7)25-22(27)29-23(4,5)6/h8-13,16,20H,1-7H3,(H,25,27)/t16-,20-/m0/s1. The van der Waals surface area contributed by atoms with Crippen LogP contribution in [0.3, 0.4) is 0 Å². The highest BCUT2D eigenvalue weighted by Gasteiger charge is 2.30. The maximum atomic E-state index is 12.4. The van der Waals surface area contributed by atoms with Gasteiger partial charge in [-0.3, -0.25) is 9.78 Å². The van der Waals surface area contributed by atoms with Crippen molar-refractivity contribution in [3.05, 3.63) is 53.3 Å². The van der Waals surface area contributed by atoms with Gasteiger partial charge in [-0.2, -0.15) is 0 Å². The lowest BCUT2D eigenvalue weighted by Gasteiger charge is -2.26. The van der Waals surface area contributed by atoms with Gasteiger partial charge in [-0.15, -0.1) is 0 Å². The van der Waals surface area contributed by atoms with E-state index in [9.17, 15) is 9.59 Å². The summed E-state index contributed by atoms with van der Waals surface area (Å²) >= 11 is 0. The Morgan fingerprint density at radius 3 is 2.28 bits per heavy atom. The third kappa shape index (κ3) is 5.79. The van der Waals surface area contributed by atoms with Crippen molar-refractivity contribution >= 4 is 12.1 Å². The van der Waals surface area contributed by atoms with Crippen LogP contribution in [0.5, 0.6) is 0 Å². The zero-order valence-electron chi connectivity index (χ0n) is 18.2. The average molecular weight is 399 g/mol. The van der Waals surface area contributed by atoms with Crippen LogP contribution in [0.2, 0.25) is 0 Å². The highest BCUT2D eigenvalue weighted by Crippen LogP contribution is 2.30. The minimum absolute atomic E-state index is 0.427.